The monoisotopic (exact) mass is 479 g/mol. The largest absolute Gasteiger partial charge is 0.463 e. The summed E-state index contributed by atoms with van der Waals surface area (Å²) >= 11 is 3.10. The lowest BCUT2D eigenvalue weighted by Crippen LogP contribution is -2.38. The molecule has 3 aliphatic rings. The van der Waals surface area contributed by atoms with Crippen molar-refractivity contribution in [1.29, 1.82) is 0 Å². The highest BCUT2D eigenvalue weighted by Gasteiger charge is 2.43. The minimum absolute atomic E-state index is 0.126. The first-order valence-electron chi connectivity index (χ1n) is 11.2. The van der Waals surface area contributed by atoms with Crippen LogP contribution in [-0.2, 0) is 14.3 Å². The van der Waals surface area contributed by atoms with Gasteiger partial charge in [-0.1, -0.05) is 48.2 Å². The molecule has 0 N–H and O–H groups in total. The van der Waals surface area contributed by atoms with Crippen LogP contribution in [0.2, 0.25) is 0 Å². The predicted molar refractivity (Wildman–Crippen MR) is 132 cm³/mol. The molecule has 6 nitrogen and oxygen atoms in total. The highest BCUT2D eigenvalue weighted by Crippen LogP contribution is 2.48. The Balaban J connectivity index is 1.59. The van der Waals surface area contributed by atoms with Gasteiger partial charge in [0.05, 0.1) is 24.3 Å². The van der Waals surface area contributed by atoms with Crippen LogP contribution in [0.1, 0.15) is 42.7 Å². The molecule has 1 aromatic carbocycles. The molecule has 0 spiro atoms. The summed E-state index contributed by atoms with van der Waals surface area (Å²) in [5.74, 6) is -0.249. The summed E-state index contributed by atoms with van der Waals surface area (Å²) in [6.07, 6.45) is 2.42. The molecule has 3 aliphatic heterocycles. The van der Waals surface area contributed by atoms with Crippen molar-refractivity contribution in [2.45, 2.75) is 32.2 Å². The molecule has 0 aliphatic carbocycles. The Morgan fingerprint density at radius 2 is 1.91 bits per heavy atom. The van der Waals surface area contributed by atoms with Crippen molar-refractivity contribution in [2.75, 3.05) is 19.7 Å². The Kier molecular flexibility index (Phi) is 6.37. The van der Waals surface area contributed by atoms with Crippen molar-refractivity contribution in [3.8, 4) is 0 Å². The molecule has 1 fully saturated rings. The van der Waals surface area contributed by atoms with Crippen LogP contribution in [0.4, 0.5) is 0 Å². The average Bonchev–Trinajstić information content (AvgIpc) is 3.61. The second-order valence-electron chi connectivity index (χ2n) is 8.02. The first kappa shape index (κ1) is 22.0. The number of rotatable bonds is 6. The van der Waals surface area contributed by atoms with Gasteiger partial charge >= 0.3 is 5.97 Å². The molecule has 2 aromatic rings. The van der Waals surface area contributed by atoms with E-state index in [1.54, 1.807) is 11.3 Å². The van der Waals surface area contributed by atoms with Crippen LogP contribution in [0.5, 0.6) is 0 Å². The van der Waals surface area contributed by atoms with E-state index in [-0.39, 0.29) is 24.5 Å². The van der Waals surface area contributed by atoms with Gasteiger partial charge in [0.2, 0.25) is 5.91 Å². The minimum atomic E-state index is -0.389. The van der Waals surface area contributed by atoms with Gasteiger partial charge in [-0.25, -0.2) is 9.79 Å². The molecule has 8 heteroatoms. The van der Waals surface area contributed by atoms with Crippen LogP contribution < -0.4 is 0 Å². The van der Waals surface area contributed by atoms with Crippen molar-refractivity contribution >= 4 is 45.8 Å². The van der Waals surface area contributed by atoms with Crippen molar-refractivity contribution in [3.05, 3.63) is 75.0 Å². The SMILES string of the molecule is CCOC(=O)C1=C(c2ccccc2)N=C2SC=C(CC(=O)N3CCCC3)N2C1c1cccs1. The summed E-state index contributed by atoms with van der Waals surface area (Å²) in [6.45, 7) is 3.73. The zero-order chi connectivity index (χ0) is 22.8. The van der Waals surface area contributed by atoms with E-state index in [0.29, 0.717) is 17.7 Å². The van der Waals surface area contributed by atoms with E-state index >= 15 is 0 Å². The number of benzene rings is 1. The molecule has 0 radical (unpaired) electrons. The number of ether oxygens (including phenoxy) is 1. The number of carbonyl (C=O) groups is 2. The first-order chi connectivity index (χ1) is 16.2. The number of nitrogens with zero attached hydrogens (tertiary/aromatic N) is 3. The fraction of sp³-hybridized carbons (Fsp3) is 0.320. The minimum Gasteiger partial charge on any atom is -0.463 e. The molecular formula is C25H25N3O3S2. The second-order valence-corrected chi connectivity index (χ2v) is 9.84. The Bertz CT molecular complexity index is 1130. The molecule has 1 amide bonds. The summed E-state index contributed by atoms with van der Waals surface area (Å²) in [5, 5.41) is 4.79. The standard InChI is InChI=1S/C25H25N3O3S2/c1-2-31-24(30)21-22(17-9-4-3-5-10-17)26-25-28(23(21)19-11-8-14-32-19)18(16-33-25)15-20(29)27-12-6-7-13-27/h3-5,8-11,14,16,23H,2,6-7,12-13,15H2,1H3. The Morgan fingerprint density at radius 1 is 1.12 bits per heavy atom. The van der Waals surface area contributed by atoms with Gasteiger partial charge < -0.3 is 14.5 Å². The van der Waals surface area contributed by atoms with Crippen molar-refractivity contribution in [1.82, 2.24) is 9.80 Å². The summed E-state index contributed by atoms with van der Waals surface area (Å²) in [5.41, 5.74) is 2.89. The van der Waals surface area contributed by atoms with E-state index in [1.807, 2.05) is 65.1 Å². The van der Waals surface area contributed by atoms with Crippen LogP contribution in [-0.4, -0.2) is 46.5 Å². The molecular weight excluding hydrogens is 454 g/mol. The molecule has 5 rings (SSSR count). The van der Waals surface area contributed by atoms with Gasteiger partial charge in [-0.15, -0.1) is 11.3 Å². The normalized spacial score (nSPS) is 20.0. The molecule has 4 heterocycles. The molecule has 1 atom stereocenters. The number of esters is 1. The molecule has 170 valence electrons. The van der Waals surface area contributed by atoms with E-state index in [0.717, 1.165) is 47.2 Å². The molecule has 1 unspecified atom stereocenters. The number of hydrogen-bond donors (Lipinski definition) is 0. The quantitative estimate of drug-likeness (QED) is 0.544. The smallest absolute Gasteiger partial charge is 0.338 e. The molecule has 0 saturated carbocycles. The van der Waals surface area contributed by atoms with Crippen molar-refractivity contribution < 1.29 is 14.3 Å². The van der Waals surface area contributed by atoms with E-state index in [1.165, 1.54) is 11.8 Å². The Labute approximate surface area is 201 Å². The Morgan fingerprint density at radius 3 is 2.61 bits per heavy atom. The number of amides is 1. The van der Waals surface area contributed by atoms with Crippen LogP contribution >= 0.6 is 23.1 Å². The fourth-order valence-electron chi connectivity index (χ4n) is 4.44. The molecule has 1 aromatic heterocycles. The summed E-state index contributed by atoms with van der Waals surface area (Å²) in [4.78, 5) is 36.3. The van der Waals surface area contributed by atoms with E-state index in [9.17, 15) is 9.59 Å². The van der Waals surface area contributed by atoms with Gasteiger partial charge in [-0.2, -0.15) is 0 Å². The van der Waals surface area contributed by atoms with E-state index in [4.69, 9.17) is 9.73 Å². The van der Waals surface area contributed by atoms with Crippen molar-refractivity contribution in [2.24, 2.45) is 4.99 Å². The van der Waals surface area contributed by atoms with Gasteiger partial charge in [0.1, 0.15) is 6.04 Å². The number of thioether (sulfide) groups is 1. The zero-order valence-corrected chi connectivity index (χ0v) is 20.0. The third kappa shape index (κ3) is 4.25. The maximum atomic E-state index is 13.3. The van der Waals surface area contributed by atoms with Gasteiger partial charge in [0.25, 0.3) is 0 Å². The summed E-state index contributed by atoms with van der Waals surface area (Å²) in [7, 11) is 0. The number of likely N-dealkylation sites (tertiary alicyclic amines) is 1. The lowest BCUT2D eigenvalue weighted by molar-refractivity contribution is -0.139. The number of hydrogen-bond acceptors (Lipinski definition) is 7. The van der Waals surface area contributed by atoms with E-state index in [2.05, 4.69) is 4.90 Å². The third-order valence-corrected chi connectivity index (χ3v) is 7.77. The maximum absolute atomic E-state index is 13.3. The van der Waals surface area contributed by atoms with Crippen molar-refractivity contribution in [3.63, 3.8) is 0 Å². The summed E-state index contributed by atoms with van der Waals surface area (Å²) in [6, 6.07) is 13.4. The fourth-order valence-corrected chi connectivity index (χ4v) is 6.18. The zero-order valence-electron chi connectivity index (χ0n) is 18.4. The van der Waals surface area contributed by atoms with Crippen LogP contribution in [0.15, 0.2) is 69.5 Å². The van der Waals surface area contributed by atoms with Crippen LogP contribution in [0.25, 0.3) is 5.70 Å². The lowest BCUT2D eigenvalue weighted by atomic mass is 9.95. The number of amidine groups is 1. The predicted octanol–water partition coefficient (Wildman–Crippen LogP) is 5.04. The van der Waals surface area contributed by atoms with Crippen LogP contribution in [0, 0.1) is 0 Å². The summed E-state index contributed by atoms with van der Waals surface area (Å²) < 4.78 is 5.52. The van der Waals surface area contributed by atoms with Gasteiger partial charge in [-0.3, -0.25) is 4.79 Å². The average molecular weight is 480 g/mol. The second kappa shape index (κ2) is 9.57. The highest BCUT2D eigenvalue weighted by molar-refractivity contribution is 8.16. The molecule has 0 bridgehead atoms. The lowest BCUT2D eigenvalue weighted by Gasteiger charge is -2.36. The van der Waals surface area contributed by atoms with Gasteiger partial charge in [0, 0.05) is 29.2 Å². The molecule has 33 heavy (non-hydrogen) atoms. The highest BCUT2D eigenvalue weighted by atomic mass is 32.2. The van der Waals surface area contributed by atoms with Crippen LogP contribution in [0.3, 0.4) is 0 Å². The Hall–Kier alpha value is -2.84. The number of carbonyl (C=O) groups excluding carboxylic acids is 2. The van der Waals surface area contributed by atoms with E-state index < -0.39 is 0 Å². The number of thiophene rings is 1. The van der Waals surface area contributed by atoms with Gasteiger partial charge in [0.15, 0.2) is 5.17 Å². The molecule has 1 saturated heterocycles. The topological polar surface area (TPSA) is 62.2 Å². The number of fused-ring (bicyclic) bond motifs is 1. The maximum Gasteiger partial charge on any atom is 0.338 e. The third-order valence-electron chi connectivity index (χ3n) is 5.96. The first-order valence-corrected chi connectivity index (χ1v) is 12.9. The number of aliphatic imine (C=N–C) groups is 1. The van der Waals surface area contributed by atoms with Gasteiger partial charge in [-0.05, 0) is 36.6 Å².